The second kappa shape index (κ2) is 6.77. The zero-order valence-electron chi connectivity index (χ0n) is 10.4. The topological polar surface area (TPSA) is 68.3 Å². The first-order chi connectivity index (χ1) is 8.51. The first-order valence-electron chi connectivity index (χ1n) is 5.63. The number of aromatic nitrogens is 1. The van der Waals surface area contributed by atoms with E-state index in [-0.39, 0.29) is 12.6 Å². The summed E-state index contributed by atoms with van der Waals surface area (Å²) in [4.78, 5) is 3.56. The van der Waals surface area contributed by atoms with Crippen LogP contribution in [-0.4, -0.2) is 33.2 Å². The molecule has 1 rings (SSSR count). The molecule has 0 aromatic carbocycles. The van der Waals surface area contributed by atoms with Crippen LogP contribution in [0.1, 0.15) is 19.8 Å². The van der Waals surface area contributed by atoms with Gasteiger partial charge in [0.2, 0.25) is 5.03 Å². The van der Waals surface area contributed by atoms with Crippen LogP contribution in [0, 0.1) is 5.82 Å². The molecular formula is C11H17FN2O3S. The zero-order chi connectivity index (χ0) is 13.6. The van der Waals surface area contributed by atoms with E-state index in [2.05, 4.69) is 9.71 Å². The largest absolute Gasteiger partial charge is 0.383 e. The maximum absolute atomic E-state index is 13.4. The molecule has 1 N–H and O–H groups in total. The van der Waals surface area contributed by atoms with Gasteiger partial charge >= 0.3 is 0 Å². The van der Waals surface area contributed by atoms with Crippen LogP contribution in [0.25, 0.3) is 0 Å². The Bertz CT molecular complexity index is 473. The number of rotatable bonds is 7. The Labute approximate surface area is 106 Å². The van der Waals surface area contributed by atoms with Crippen LogP contribution >= 0.6 is 0 Å². The summed E-state index contributed by atoms with van der Waals surface area (Å²) >= 11 is 0. The molecular weight excluding hydrogens is 259 g/mol. The number of halogens is 1. The van der Waals surface area contributed by atoms with E-state index in [4.69, 9.17) is 4.74 Å². The van der Waals surface area contributed by atoms with Crippen molar-refractivity contribution in [2.24, 2.45) is 0 Å². The highest BCUT2D eigenvalue weighted by Gasteiger charge is 2.23. The molecule has 0 radical (unpaired) electrons. The van der Waals surface area contributed by atoms with Crippen LogP contribution in [0.5, 0.6) is 0 Å². The molecule has 1 atom stereocenters. The van der Waals surface area contributed by atoms with Crippen molar-refractivity contribution in [3.8, 4) is 0 Å². The van der Waals surface area contributed by atoms with Gasteiger partial charge in [0.1, 0.15) is 0 Å². The van der Waals surface area contributed by atoms with E-state index in [1.54, 1.807) is 0 Å². The molecule has 0 aliphatic carbocycles. The van der Waals surface area contributed by atoms with Crippen molar-refractivity contribution in [1.29, 1.82) is 0 Å². The molecule has 1 unspecified atom stereocenters. The van der Waals surface area contributed by atoms with Gasteiger partial charge < -0.3 is 4.74 Å². The summed E-state index contributed by atoms with van der Waals surface area (Å²) in [5.74, 6) is -0.863. The van der Waals surface area contributed by atoms with Crippen molar-refractivity contribution in [3.63, 3.8) is 0 Å². The van der Waals surface area contributed by atoms with Crippen LogP contribution in [-0.2, 0) is 14.8 Å². The number of ether oxygens (including phenoxy) is 1. The summed E-state index contributed by atoms with van der Waals surface area (Å²) < 4.78 is 44.6. The molecule has 0 spiro atoms. The molecule has 0 amide bonds. The van der Waals surface area contributed by atoms with Gasteiger partial charge in [0.15, 0.2) is 5.82 Å². The monoisotopic (exact) mass is 276 g/mol. The summed E-state index contributed by atoms with van der Waals surface area (Å²) in [6.45, 7) is 2.17. The molecule has 0 saturated carbocycles. The lowest BCUT2D eigenvalue weighted by Crippen LogP contribution is -2.38. The lowest BCUT2D eigenvalue weighted by molar-refractivity contribution is 0.171. The maximum atomic E-state index is 13.4. The number of nitrogens with one attached hydrogen (secondary N) is 1. The van der Waals surface area contributed by atoms with Crippen molar-refractivity contribution >= 4 is 10.0 Å². The van der Waals surface area contributed by atoms with Gasteiger partial charge in [-0.25, -0.2) is 22.5 Å². The van der Waals surface area contributed by atoms with Gasteiger partial charge in [-0.1, -0.05) is 13.3 Å². The number of hydrogen-bond donors (Lipinski definition) is 1. The van der Waals surface area contributed by atoms with Crippen molar-refractivity contribution in [3.05, 3.63) is 24.1 Å². The smallest absolute Gasteiger partial charge is 0.261 e. The minimum Gasteiger partial charge on any atom is -0.383 e. The number of sulfonamides is 1. The first-order valence-corrected chi connectivity index (χ1v) is 7.11. The van der Waals surface area contributed by atoms with Crippen molar-refractivity contribution in [1.82, 2.24) is 9.71 Å². The fourth-order valence-electron chi connectivity index (χ4n) is 1.57. The van der Waals surface area contributed by atoms with E-state index in [1.165, 1.54) is 19.4 Å². The molecule has 0 aliphatic rings. The average Bonchev–Trinajstić information content (AvgIpc) is 2.29. The summed E-state index contributed by atoms with van der Waals surface area (Å²) in [6.07, 6.45) is 2.64. The molecule has 18 heavy (non-hydrogen) atoms. The predicted octanol–water partition coefficient (Wildman–Crippen LogP) is 1.31. The summed E-state index contributed by atoms with van der Waals surface area (Å²) in [7, 11) is -2.47. The van der Waals surface area contributed by atoms with Crippen LogP contribution < -0.4 is 4.72 Å². The number of pyridine rings is 1. The predicted molar refractivity (Wildman–Crippen MR) is 65.1 cm³/mol. The van der Waals surface area contributed by atoms with Gasteiger partial charge in [-0.15, -0.1) is 0 Å². The van der Waals surface area contributed by atoms with Crippen molar-refractivity contribution < 1.29 is 17.5 Å². The van der Waals surface area contributed by atoms with Gasteiger partial charge in [-0.3, -0.25) is 0 Å². The van der Waals surface area contributed by atoms with E-state index in [0.29, 0.717) is 6.42 Å². The zero-order valence-corrected chi connectivity index (χ0v) is 11.2. The summed E-state index contributed by atoms with van der Waals surface area (Å²) in [6, 6.07) is 2.02. The Morgan fingerprint density at radius 3 is 2.83 bits per heavy atom. The third-order valence-electron chi connectivity index (χ3n) is 2.31. The Kier molecular flexibility index (Phi) is 5.64. The van der Waals surface area contributed by atoms with E-state index < -0.39 is 20.9 Å². The highest BCUT2D eigenvalue weighted by molar-refractivity contribution is 7.89. The van der Waals surface area contributed by atoms with E-state index in [9.17, 15) is 12.8 Å². The third-order valence-corrected chi connectivity index (χ3v) is 3.76. The average molecular weight is 276 g/mol. The molecule has 7 heteroatoms. The van der Waals surface area contributed by atoms with Gasteiger partial charge in [-0.2, -0.15) is 0 Å². The number of methoxy groups -OCH3 is 1. The van der Waals surface area contributed by atoms with E-state index >= 15 is 0 Å². The fraction of sp³-hybridized carbons (Fsp3) is 0.545. The fourth-order valence-corrected chi connectivity index (χ4v) is 2.83. The van der Waals surface area contributed by atoms with Crippen LogP contribution in [0.15, 0.2) is 23.4 Å². The first kappa shape index (κ1) is 15.0. The number of nitrogens with zero attached hydrogens (tertiary/aromatic N) is 1. The quantitative estimate of drug-likeness (QED) is 0.815. The molecule has 0 bridgehead atoms. The lowest BCUT2D eigenvalue weighted by Gasteiger charge is -2.16. The second-order valence-corrected chi connectivity index (χ2v) is 5.48. The number of hydrogen-bond acceptors (Lipinski definition) is 4. The molecule has 1 aromatic rings. The summed E-state index contributed by atoms with van der Waals surface area (Å²) in [5, 5.41) is -0.581. The molecule has 0 saturated heterocycles. The second-order valence-electron chi connectivity index (χ2n) is 3.85. The lowest BCUT2D eigenvalue weighted by atomic mass is 10.2. The Morgan fingerprint density at radius 2 is 2.28 bits per heavy atom. The Balaban J connectivity index is 2.90. The maximum Gasteiger partial charge on any atom is 0.261 e. The third kappa shape index (κ3) is 4.01. The highest BCUT2D eigenvalue weighted by atomic mass is 32.2. The van der Waals surface area contributed by atoms with Crippen molar-refractivity contribution in [2.75, 3.05) is 13.7 Å². The standard InChI is InChI=1S/C11H17FN2O3S/c1-3-5-9(8-17-2)14-18(15,16)11-10(12)6-4-7-13-11/h4,6-7,9,14H,3,5,8H2,1-2H3. The van der Waals surface area contributed by atoms with E-state index in [0.717, 1.165) is 12.5 Å². The minimum absolute atomic E-state index is 0.238. The van der Waals surface area contributed by atoms with Crippen LogP contribution in [0.3, 0.4) is 0 Å². The minimum atomic E-state index is -3.95. The Morgan fingerprint density at radius 1 is 1.56 bits per heavy atom. The van der Waals surface area contributed by atoms with Crippen LogP contribution in [0.4, 0.5) is 4.39 Å². The SMILES string of the molecule is CCCC(COC)NS(=O)(=O)c1ncccc1F. The molecule has 0 fully saturated rings. The molecule has 1 aromatic heterocycles. The van der Waals surface area contributed by atoms with Gasteiger partial charge in [0.05, 0.1) is 6.61 Å². The normalized spacial score (nSPS) is 13.5. The van der Waals surface area contributed by atoms with Gasteiger partial charge in [-0.05, 0) is 18.6 Å². The highest BCUT2D eigenvalue weighted by Crippen LogP contribution is 2.11. The van der Waals surface area contributed by atoms with Gasteiger partial charge in [0.25, 0.3) is 10.0 Å². The molecule has 102 valence electrons. The summed E-state index contributed by atoms with van der Waals surface area (Å²) in [5.41, 5.74) is 0. The molecule has 0 aliphatic heterocycles. The van der Waals surface area contributed by atoms with Crippen molar-refractivity contribution in [2.45, 2.75) is 30.8 Å². The molecule has 1 heterocycles. The molecule has 5 nitrogen and oxygen atoms in total. The Hall–Kier alpha value is -1.05. The van der Waals surface area contributed by atoms with Gasteiger partial charge in [0, 0.05) is 19.3 Å². The van der Waals surface area contributed by atoms with Crippen LogP contribution in [0.2, 0.25) is 0 Å². The van der Waals surface area contributed by atoms with E-state index in [1.807, 2.05) is 6.92 Å².